The minimum absolute atomic E-state index is 0.0453. The number of thiocarbonyl (C=S) groups is 1. The van der Waals surface area contributed by atoms with E-state index < -0.39 is 11.1 Å². The molecule has 0 radical (unpaired) electrons. The van der Waals surface area contributed by atoms with Gasteiger partial charge in [-0.25, -0.2) is 10.9 Å². The first kappa shape index (κ1) is 10.7. The molecule has 16 heavy (non-hydrogen) atoms. The van der Waals surface area contributed by atoms with E-state index >= 15 is 0 Å². The van der Waals surface area contributed by atoms with Gasteiger partial charge in [-0.3, -0.25) is 21.0 Å². The first-order chi connectivity index (χ1) is 7.68. The van der Waals surface area contributed by atoms with Crippen LogP contribution in [0.1, 0.15) is 11.7 Å². The van der Waals surface area contributed by atoms with Crippen LogP contribution in [0.25, 0.3) is 0 Å². The lowest BCUT2D eigenvalue weighted by atomic mass is 10.1. The van der Waals surface area contributed by atoms with Gasteiger partial charge in [0.1, 0.15) is 6.17 Å². The molecule has 1 aromatic carbocycles. The number of nitrogens with one attached hydrogen (secondary N) is 4. The highest BCUT2D eigenvalue weighted by Gasteiger charge is 2.23. The summed E-state index contributed by atoms with van der Waals surface area (Å²) in [4.78, 5) is 10.4. The molecule has 4 N–H and O–H groups in total. The van der Waals surface area contributed by atoms with Crippen molar-refractivity contribution in [2.45, 2.75) is 6.17 Å². The fourth-order valence-electron chi connectivity index (χ4n) is 1.40. The smallest absolute Gasteiger partial charge is 0.275 e. The van der Waals surface area contributed by atoms with Crippen LogP contribution in [0.15, 0.2) is 24.3 Å². The van der Waals surface area contributed by atoms with Crippen LogP contribution in [0.4, 0.5) is 5.69 Å². The highest BCUT2D eigenvalue weighted by Crippen LogP contribution is 2.22. The standard InChI is InChI=1S/C8H9N5O2S/c14-13(15)6-4-2-1-3-5(6)7-9-11-8(16)12-10-7/h1-4,7,9-10H,(H2,11,12,16). The van der Waals surface area contributed by atoms with Gasteiger partial charge in [-0.05, 0) is 18.3 Å². The van der Waals surface area contributed by atoms with E-state index in [1.165, 1.54) is 6.07 Å². The Hall–Kier alpha value is -1.77. The highest BCUT2D eigenvalue weighted by atomic mass is 32.1. The predicted octanol–water partition coefficient (Wildman–Crippen LogP) is 0.0803. The third-order valence-corrected chi connectivity index (χ3v) is 2.31. The number of nitro groups is 1. The van der Waals surface area contributed by atoms with E-state index in [9.17, 15) is 10.1 Å². The van der Waals surface area contributed by atoms with Gasteiger partial charge in [0.25, 0.3) is 5.69 Å². The maximum atomic E-state index is 10.8. The lowest BCUT2D eigenvalue weighted by Crippen LogP contribution is -2.61. The van der Waals surface area contributed by atoms with E-state index in [2.05, 4.69) is 21.7 Å². The summed E-state index contributed by atoms with van der Waals surface area (Å²) in [5.41, 5.74) is 11.6. The number of hydrogen-bond acceptors (Lipinski definition) is 5. The molecule has 84 valence electrons. The lowest BCUT2D eigenvalue weighted by molar-refractivity contribution is -0.385. The Kier molecular flexibility index (Phi) is 2.95. The molecule has 1 heterocycles. The summed E-state index contributed by atoms with van der Waals surface area (Å²) in [7, 11) is 0. The second-order valence-electron chi connectivity index (χ2n) is 3.12. The normalized spacial score (nSPS) is 16.4. The zero-order valence-electron chi connectivity index (χ0n) is 8.06. The molecule has 0 aromatic heterocycles. The molecule has 0 amide bonds. The molecule has 0 bridgehead atoms. The average Bonchev–Trinajstić information content (AvgIpc) is 2.30. The van der Waals surface area contributed by atoms with Crippen molar-refractivity contribution < 1.29 is 4.92 Å². The Labute approximate surface area is 96.3 Å². The Morgan fingerprint density at radius 3 is 2.50 bits per heavy atom. The van der Waals surface area contributed by atoms with Crippen LogP contribution in [0.5, 0.6) is 0 Å². The summed E-state index contributed by atoms with van der Waals surface area (Å²) in [5.74, 6) is 0. The summed E-state index contributed by atoms with van der Waals surface area (Å²) in [6.07, 6.45) is -0.423. The maximum absolute atomic E-state index is 10.8. The Morgan fingerprint density at radius 2 is 1.88 bits per heavy atom. The second kappa shape index (κ2) is 4.39. The van der Waals surface area contributed by atoms with Gasteiger partial charge in [-0.1, -0.05) is 12.1 Å². The van der Waals surface area contributed by atoms with Crippen LogP contribution in [0.2, 0.25) is 0 Å². The number of benzene rings is 1. The van der Waals surface area contributed by atoms with E-state index in [-0.39, 0.29) is 5.69 Å². The van der Waals surface area contributed by atoms with Gasteiger partial charge in [0, 0.05) is 6.07 Å². The zero-order valence-corrected chi connectivity index (χ0v) is 8.88. The van der Waals surface area contributed by atoms with E-state index in [1.54, 1.807) is 18.2 Å². The summed E-state index contributed by atoms with van der Waals surface area (Å²) in [5, 5.41) is 11.2. The van der Waals surface area contributed by atoms with Gasteiger partial charge in [0.2, 0.25) is 0 Å². The van der Waals surface area contributed by atoms with Crippen molar-refractivity contribution in [1.29, 1.82) is 0 Å². The molecule has 1 saturated heterocycles. The predicted molar refractivity (Wildman–Crippen MR) is 61.0 cm³/mol. The molecule has 7 nitrogen and oxygen atoms in total. The van der Waals surface area contributed by atoms with Crippen molar-refractivity contribution in [3.05, 3.63) is 39.9 Å². The topological polar surface area (TPSA) is 91.3 Å². The van der Waals surface area contributed by atoms with Gasteiger partial charge < -0.3 is 0 Å². The van der Waals surface area contributed by atoms with Crippen LogP contribution in [-0.4, -0.2) is 10.0 Å². The van der Waals surface area contributed by atoms with E-state index in [1.807, 2.05) is 0 Å². The van der Waals surface area contributed by atoms with Crippen molar-refractivity contribution in [3.63, 3.8) is 0 Å². The Balaban J connectivity index is 2.26. The van der Waals surface area contributed by atoms with Gasteiger partial charge >= 0.3 is 0 Å². The molecule has 0 aliphatic carbocycles. The largest absolute Gasteiger partial charge is 0.295 e. The van der Waals surface area contributed by atoms with Gasteiger partial charge in [-0.2, -0.15) is 0 Å². The van der Waals surface area contributed by atoms with Gasteiger partial charge in [-0.15, -0.1) is 0 Å². The molecule has 1 fully saturated rings. The molecule has 0 atom stereocenters. The molecular weight excluding hydrogens is 230 g/mol. The number of rotatable bonds is 2. The average molecular weight is 239 g/mol. The molecule has 0 spiro atoms. The van der Waals surface area contributed by atoms with E-state index in [4.69, 9.17) is 12.2 Å². The fourth-order valence-corrected chi connectivity index (χ4v) is 1.51. The van der Waals surface area contributed by atoms with E-state index in [0.29, 0.717) is 10.7 Å². The van der Waals surface area contributed by atoms with E-state index in [0.717, 1.165) is 0 Å². The van der Waals surface area contributed by atoms with Gasteiger partial charge in [0.15, 0.2) is 5.11 Å². The lowest BCUT2D eigenvalue weighted by Gasteiger charge is -2.27. The number of hydrazine groups is 2. The number of hydrogen-bond donors (Lipinski definition) is 4. The second-order valence-corrected chi connectivity index (χ2v) is 3.52. The van der Waals surface area contributed by atoms with Crippen LogP contribution in [0, 0.1) is 10.1 Å². The number of nitro benzene ring substituents is 1. The minimum Gasteiger partial charge on any atom is -0.295 e. The van der Waals surface area contributed by atoms with Crippen molar-refractivity contribution >= 4 is 23.0 Å². The molecular formula is C8H9N5O2S. The first-order valence-corrected chi connectivity index (χ1v) is 4.89. The zero-order chi connectivity index (χ0) is 11.5. The third kappa shape index (κ3) is 2.08. The minimum atomic E-state index is -0.425. The van der Waals surface area contributed by atoms with Crippen LogP contribution < -0.4 is 21.7 Å². The Bertz CT molecular complexity index is 428. The van der Waals surface area contributed by atoms with Crippen LogP contribution in [-0.2, 0) is 0 Å². The van der Waals surface area contributed by atoms with Crippen molar-refractivity contribution in [2.24, 2.45) is 0 Å². The molecule has 0 unspecified atom stereocenters. The molecule has 1 aliphatic heterocycles. The molecule has 1 aromatic rings. The Morgan fingerprint density at radius 1 is 1.25 bits per heavy atom. The van der Waals surface area contributed by atoms with Crippen LogP contribution in [0.3, 0.4) is 0 Å². The summed E-state index contributed by atoms with van der Waals surface area (Å²) in [6.45, 7) is 0. The number of nitrogens with zero attached hydrogens (tertiary/aromatic N) is 1. The molecule has 0 saturated carbocycles. The van der Waals surface area contributed by atoms with Gasteiger partial charge in [0.05, 0.1) is 10.5 Å². The third-order valence-electron chi connectivity index (χ3n) is 2.10. The first-order valence-electron chi connectivity index (χ1n) is 4.49. The maximum Gasteiger partial charge on any atom is 0.275 e. The number of para-hydroxylation sites is 1. The van der Waals surface area contributed by atoms with Crippen LogP contribution >= 0.6 is 12.2 Å². The van der Waals surface area contributed by atoms with Crippen molar-refractivity contribution in [2.75, 3.05) is 0 Å². The van der Waals surface area contributed by atoms with Crippen molar-refractivity contribution in [1.82, 2.24) is 21.7 Å². The quantitative estimate of drug-likeness (QED) is 0.330. The molecule has 1 aliphatic rings. The molecule has 8 heteroatoms. The summed E-state index contributed by atoms with van der Waals surface area (Å²) in [6, 6.07) is 6.47. The SMILES string of the molecule is O=[N+]([O-])c1ccccc1C1NNC(=S)NN1. The molecule has 2 rings (SSSR count). The monoisotopic (exact) mass is 239 g/mol. The summed E-state index contributed by atoms with van der Waals surface area (Å²) >= 11 is 4.81. The highest BCUT2D eigenvalue weighted by molar-refractivity contribution is 7.80. The summed E-state index contributed by atoms with van der Waals surface area (Å²) < 4.78 is 0. The fraction of sp³-hybridized carbons (Fsp3) is 0.125. The van der Waals surface area contributed by atoms with Crippen molar-refractivity contribution in [3.8, 4) is 0 Å².